The minimum atomic E-state index is 0.00320. The van der Waals surface area contributed by atoms with Gasteiger partial charge in [-0.1, -0.05) is 20.8 Å². The molecule has 0 fully saturated rings. The molecular formula is C22H23N3O. The summed E-state index contributed by atoms with van der Waals surface area (Å²) in [6.45, 7) is 10.7. The van der Waals surface area contributed by atoms with Crippen molar-refractivity contribution < 1.29 is 0 Å². The summed E-state index contributed by atoms with van der Waals surface area (Å²) in [6.07, 6.45) is 3.78. The highest BCUT2D eigenvalue weighted by molar-refractivity contribution is 6.10. The lowest BCUT2D eigenvalue weighted by atomic mass is 9.88. The Hall–Kier alpha value is -2.88. The number of fused-ring (bicyclic) bond motifs is 3. The third-order valence-corrected chi connectivity index (χ3v) is 4.93. The highest BCUT2D eigenvalue weighted by Crippen LogP contribution is 2.34. The summed E-state index contributed by atoms with van der Waals surface area (Å²) in [5.41, 5.74) is 6.34. The van der Waals surface area contributed by atoms with Crippen LogP contribution < -0.4 is 5.43 Å². The van der Waals surface area contributed by atoms with Crippen LogP contribution in [0.2, 0.25) is 0 Å². The summed E-state index contributed by atoms with van der Waals surface area (Å²) in [4.78, 5) is 20.0. The Morgan fingerprint density at radius 3 is 2.50 bits per heavy atom. The first-order chi connectivity index (χ1) is 12.3. The van der Waals surface area contributed by atoms with Gasteiger partial charge in [0.1, 0.15) is 0 Å². The topological polar surface area (TPSA) is 50.7 Å². The molecule has 3 heterocycles. The Balaban J connectivity index is 2.18. The third-order valence-electron chi connectivity index (χ3n) is 4.93. The van der Waals surface area contributed by atoms with Crippen molar-refractivity contribution >= 4 is 21.8 Å². The molecule has 0 aliphatic heterocycles. The molecular weight excluding hydrogens is 322 g/mol. The maximum Gasteiger partial charge on any atom is 0.180 e. The number of benzene rings is 1. The molecule has 0 bridgehead atoms. The fourth-order valence-corrected chi connectivity index (χ4v) is 3.64. The maximum absolute atomic E-state index is 12.1. The predicted octanol–water partition coefficient (Wildman–Crippen LogP) is 4.78. The van der Waals surface area contributed by atoms with E-state index in [0.29, 0.717) is 0 Å². The molecule has 0 spiro atoms. The summed E-state index contributed by atoms with van der Waals surface area (Å²) in [6, 6.07) is 9.59. The number of H-pyrrole nitrogens is 1. The molecule has 0 aliphatic carbocycles. The van der Waals surface area contributed by atoms with Gasteiger partial charge < -0.3 is 9.55 Å². The van der Waals surface area contributed by atoms with Gasteiger partial charge in [0.15, 0.2) is 5.43 Å². The Kier molecular flexibility index (Phi) is 3.55. The number of aromatic nitrogens is 3. The van der Waals surface area contributed by atoms with Crippen molar-refractivity contribution in [2.75, 3.05) is 0 Å². The van der Waals surface area contributed by atoms with Crippen molar-refractivity contribution in [3.8, 4) is 5.69 Å². The number of hydrogen-bond donors (Lipinski definition) is 1. The fourth-order valence-electron chi connectivity index (χ4n) is 3.64. The lowest BCUT2D eigenvalue weighted by Gasteiger charge is -2.20. The summed E-state index contributed by atoms with van der Waals surface area (Å²) in [5, 5.41) is 2.23. The molecule has 4 heteroatoms. The standard InChI is InChI=1S/C22H23N3O/c1-13-8-19-18-7-6-17(26)10-20(18)25(21(19)14(2)24-13)16-9-15(11-23-12-16)22(3,4)5/h6-12,24H,1-5H3. The smallest absolute Gasteiger partial charge is 0.180 e. The molecule has 0 saturated carbocycles. The molecule has 1 aromatic carbocycles. The lowest BCUT2D eigenvalue weighted by molar-refractivity contribution is 0.587. The number of nitrogens with zero attached hydrogens (tertiary/aromatic N) is 2. The second kappa shape index (κ2) is 5.56. The second-order valence-electron chi connectivity index (χ2n) is 8.04. The van der Waals surface area contributed by atoms with Crippen LogP contribution in [0.1, 0.15) is 37.7 Å². The van der Waals surface area contributed by atoms with Gasteiger partial charge in [0.25, 0.3) is 0 Å². The number of pyridine rings is 2. The zero-order chi connectivity index (χ0) is 18.6. The first kappa shape index (κ1) is 16.6. The molecule has 0 radical (unpaired) electrons. The number of nitrogens with one attached hydrogen (secondary N) is 1. The van der Waals surface area contributed by atoms with E-state index in [0.717, 1.165) is 44.4 Å². The van der Waals surface area contributed by atoms with Gasteiger partial charge in [0.05, 0.1) is 22.9 Å². The highest BCUT2D eigenvalue weighted by atomic mass is 16.1. The lowest BCUT2D eigenvalue weighted by Crippen LogP contribution is -2.12. The van der Waals surface area contributed by atoms with Crippen molar-refractivity contribution in [3.05, 3.63) is 69.9 Å². The van der Waals surface area contributed by atoms with E-state index in [1.807, 2.05) is 18.5 Å². The summed E-state index contributed by atoms with van der Waals surface area (Å²) >= 11 is 0. The first-order valence-corrected chi connectivity index (χ1v) is 8.86. The molecule has 0 aliphatic rings. The first-order valence-electron chi connectivity index (χ1n) is 8.86. The molecule has 4 rings (SSSR count). The van der Waals surface area contributed by atoms with Crippen LogP contribution in [0.3, 0.4) is 0 Å². The summed E-state index contributed by atoms with van der Waals surface area (Å²) < 4.78 is 2.15. The van der Waals surface area contributed by atoms with E-state index >= 15 is 0 Å². The zero-order valence-corrected chi connectivity index (χ0v) is 15.8. The van der Waals surface area contributed by atoms with E-state index in [-0.39, 0.29) is 10.8 Å². The molecule has 0 amide bonds. The average Bonchev–Trinajstić information content (AvgIpc) is 2.88. The van der Waals surface area contributed by atoms with Crippen LogP contribution in [0.4, 0.5) is 0 Å². The molecule has 132 valence electrons. The average molecular weight is 345 g/mol. The quantitative estimate of drug-likeness (QED) is 0.540. The van der Waals surface area contributed by atoms with Crippen molar-refractivity contribution in [2.45, 2.75) is 40.0 Å². The molecule has 4 nitrogen and oxygen atoms in total. The Labute approximate surface area is 152 Å². The van der Waals surface area contributed by atoms with Gasteiger partial charge in [-0.3, -0.25) is 9.78 Å². The van der Waals surface area contributed by atoms with Crippen LogP contribution >= 0.6 is 0 Å². The van der Waals surface area contributed by atoms with Crippen molar-refractivity contribution in [1.29, 1.82) is 0 Å². The van der Waals surface area contributed by atoms with E-state index in [1.165, 1.54) is 0 Å². The maximum atomic E-state index is 12.1. The van der Waals surface area contributed by atoms with E-state index in [1.54, 1.807) is 12.1 Å². The zero-order valence-electron chi connectivity index (χ0n) is 15.8. The Morgan fingerprint density at radius 2 is 1.77 bits per heavy atom. The third kappa shape index (κ3) is 2.53. The van der Waals surface area contributed by atoms with Crippen molar-refractivity contribution in [2.24, 2.45) is 0 Å². The summed E-state index contributed by atoms with van der Waals surface area (Å²) in [5.74, 6) is 0. The Bertz CT molecular complexity index is 1210. The largest absolute Gasteiger partial charge is 0.361 e. The van der Waals surface area contributed by atoms with Crippen LogP contribution in [-0.2, 0) is 5.41 Å². The van der Waals surface area contributed by atoms with Crippen molar-refractivity contribution in [3.63, 3.8) is 0 Å². The highest BCUT2D eigenvalue weighted by Gasteiger charge is 2.18. The summed E-state index contributed by atoms with van der Waals surface area (Å²) in [7, 11) is 0. The van der Waals surface area contributed by atoms with Crippen LogP contribution in [0.25, 0.3) is 27.5 Å². The van der Waals surface area contributed by atoms with Crippen LogP contribution in [0.15, 0.2) is 47.5 Å². The molecule has 1 N–H and O–H groups in total. The van der Waals surface area contributed by atoms with Gasteiger partial charge in [-0.05, 0) is 49.1 Å². The number of rotatable bonds is 1. The minimum absolute atomic E-state index is 0.00320. The van der Waals surface area contributed by atoms with E-state index < -0.39 is 0 Å². The van der Waals surface area contributed by atoms with Crippen LogP contribution in [-0.4, -0.2) is 14.5 Å². The molecule has 0 atom stereocenters. The minimum Gasteiger partial charge on any atom is -0.361 e. The van der Waals surface area contributed by atoms with E-state index in [9.17, 15) is 4.79 Å². The SMILES string of the molecule is Cc1cc2c3ccc(=O)cc3n(-c3cncc(C(C)(C)C)c3)c2c(C)[nH]1. The molecule has 0 unspecified atom stereocenters. The van der Waals surface area contributed by atoms with Gasteiger partial charge >= 0.3 is 0 Å². The van der Waals surface area contributed by atoms with E-state index in [2.05, 4.69) is 61.3 Å². The number of aromatic amines is 1. The molecule has 0 saturated heterocycles. The van der Waals surface area contributed by atoms with Gasteiger partial charge in [0.2, 0.25) is 0 Å². The monoisotopic (exact) mass is 345 g/mol. The van der Waals surface area contributed by atoms with Gasteiger partial charge in [0, 0.05) is 34.4 Å². The van der Waals surface area contributed by atoms with Crippen molar-refractivity contribution in [1.82, 2.24) is 14.5 Å². The fraction of sp³-hybridized carbons (Fsp3) is 0.273. The van der Waals surface area contributed by atoms with Gasteiger partial charge in [-0.25, -0.2) is 0 Å². The molecule has 26 heavy (non-hydrogen) atoms. The molecule has 3 aromatic heterocycles. The van der Waals surface area contributed by atoms with E-state index in [4.69, 9.17) is 0 Å². The van der Waals surface area contributed by atoms with Gasteiger partial charge in [-0.2, -0.15) is 0 Å². The number of hydrogen-bond acceptors (Lipinski definition) is 2. The Morgan fingerprint density at radius 1 is 1.00 bits per heavy atom. The van der Waals surface area contributed by atoms with Crippen LogP contribution in [0.5, 0.6) is 0 Å². The van der Waals surface area contributed by atoms with Crippen LogP contribution in [0, 0.1) is 13.8 Å². The van der Waals surface area contributed by atoms with Gasteiger partial charge in [-0.15, -0.1) is 0 Å². The second-order valence-corrected chi connectivity index (χ2v) is 8.04. The number of aryl methyl sites for hydroxylation is 2. The predicted molar refractivity (Wildman–Crippen MR) is 107 cm³/mol. The molecule has 4 aromatic rings. The normalized spacial score (nSPS) is 12.2.